The Morgan fingerprint density at radius 3 is 2.91 bits per heavy atom. The molecule has 0 aliphatic heterocycles. The van der Waals surface area contributed by atoms with Crippen LogP contribution in [0.4, 0.5) is 0 Å². The van der Waals surface area contributed by atoms with Crippen molar-refractivity contribution in [3.05, 3.63) is 54.0 Å². The fourth-order valence-electron chi connectivity index (χ4n) is 2.24. The monoisotopic (exact) mass is 325 g/mol. The Bertz CT molecular complexity index is 882. The highest BCUT2D eigenvalue weighted by molar-refractivity contribution is 7.98. The maximum Gasteiger partial charge on any atom is 0.289 e. The zero-order valence-electron chi connectivity index (χ0n) is 12.7. The largest absolute Gasteiger partial charge is 0.318 e. The molecule has 0 saturated heterocycles. The van der Waals surface area contributed by atoms with E-state index in [9.17, 15) is 4.79 Å². The predicted molar refractivity (Wildman–Crippen MR) is 91.8 cm³/mol. The second-order valence-electron chi connectivity index (χ2n) is 4.81. The van der Waals surface area contributed by atoms with Crippen LogP contribution in [0.15, 0.2) is 53.0 Å². The summed E-state index contributed by atoms with van der Waals surface area (Å²) in [6, 6.07) is 9.64. The van der Waals surface area contributed by atoms with Crippen LogP contribution in [0.1, 0.15) is 16.1 Å². The summed E-state index contributed by atoms with van der Waals surface area (Å²) >= 11 is 1.48. The lowest BCUT2D eigenvalue weighted by Gasteiger charge is -2.03. The first-order valence-corrected chi connectivity index (χ1v) is 8.16. The number of imidazole rings is 1. The van der Waals surface area contributed by atoms with E-state index < -0.39 is 0 Å². The molecule has 6 nitrogen and oxygen atoms in total. The predicted octanol–water partition coefficient (Wildman–Crippen LogP) is 2.45. The van der Waals surface area contributed by atoms with Crippen molar-refractivity contribution < 1.29 is 4.79 Å². The van der Waals surface area contributed by atoms with Crippen molar-refractivity contribution in [2.24, 2.45) is 12.1 Å². The molecule has 1 N–H and O–H groups in total. The summed E-state index contributed by atoms with van der Waals surface area (Å²) in [5, 5.41) is 5.81. The Kier molecular flexibility index (Phi) is 4.38. The molecule has 0 unspecified atom stereocenters. The number of benzene rings is 1. The maximum atomic E-state index is 12.1. The minimum atomic E-state index is -0.296. The summed E-state index contributed by atoms with van der Waals surface area (Å²) in [7, 11) is 1.80. The molecule has 2 aromatic heterocycles. The average Bonchev–Trinajstić information content (AvgIpc) is 2.95. The number of carbonyl (C=O) groups is 1. The molecule has 2 heterocycles. The summed E-state index contributed by atoms with van der Waals surface area (Å²) < 4.78 is 1.73. The van der Waals surface area contributed by atoms with Gasteiger partial charge >= 0.3 is 0 Å². The van der Waals surface area contributed by atoms with Crippen LogP contribution in [0.3, 0.4) is 0 Å². The number of rotatable bonds is 4. The third-order valence-electron chi connectivity index (χ3n) is 3.41. The number of fused-ring (bicyclic) bond motifs is 1. The number of carbonyl (C=O) groups excluding carboxylic acids is 1. The van der Waals surface area contributed by atoms with Crippen molar-refractivity contribution in [1.29, 1.82) is 0 Å². The Balaban J connectivity index is 1.78. The topological polar surface area (TPSA) is 72.2 Å². The van der Waals surface area contributed by atoms with E-state index in [1.165, 1.54) is 11.8 Å². The molecule has 0 saturated carbocycles. The molecule has 1 amide bonds. The summed E-state index contributed by atoms with van der Waals surface area (Å²) in [6.07, 6.45) is 6.79. The lowest BCUT2D eigenvalue weighted by molar-refractivity contribution is 0.0946. The van der Waals surface area contributed by atoms with Crippen molar-refractivity contribution in [3.63, 3.8) is 0 Å². The van der Waals surface area contributed by atoms with Gasteiger partial charge in [0.05, 0.1) is 17.9 Å². The molecule has 0 atom stereocenters. The van der Waals surface area contributed by atoms with Crippen molar-refractivity contribution in [2.75, 3.05) is 6.26 Å². The zero-order valence-corrected chi connectivity index (χ0v) is 13.5. The number of hydrazone groups is 1. The van der Waals surface area contributed by atoms with Crippen LogP contribution in [0.25, 0.3) is 10.9 Å². The van der Waals surface area contributed by atoms with Gasteiger partial charge in [0, 0.05) is 24.2 Å². The number of nitrogens with zero attached hydrogens (tertiary/aromatic N) is 4. The van der Waals surface area contributed by atoms with E-state index in [0.29, 0.717) is 5.69 Å². The third-order valence-corrected chi connectivity index (χ3v) is 4.16. The van der Waals surface area contributed by atoms with E-state index in [4.69, 9.17) is 0 Å². The minimum absolute atomic E-state index is 0.296. The Morgan fingerprint density at radius 1 is 1.30 bits per heavy atom. The molecule has 0 fully saturated rings. The average molecular weight is 325 g/mol. The van der Waals surface area contributed by atoms with Crippen LogP contribution in [-0.4, -0.2) is 32.9 Å². The second-order valence-corrected chi connectivity index (χ2v) is 5.58. The molecule has 3 aromatic rings. The number of hydrogen-bond donors (Lipinski definition) is 1. The fraction of sp³-hybridized carbons (Fsp3) is 0.125. The van der Waals surface area contributed by atoms with Crippen LogP contribution in [0.5, 0.6) is 0 Å². The van der Waals surface area contributed by atoms with Crippen molar-refractivity contribution in [3.8, 4) is 0 Å². The van der Waals surface area contributed by atoms with Gasteiger partial charge in [-0.15, -0.1) is 0 Å². The van der Waals surface area contributed by atoms with Crippen LogP contribution in [-0.2, 0) is 7.05 Å². The first-order chi connectivity index (χ1) is 11.2. The summed E-state index contributed by atoms with van der Waals surface area (Å²) in [5.74, 6) is -0.296. The van der Waals surface area contributed by atoms with Gasteiger partial charge in [-0.2, -0.15) is 5.10 Å². The summed E-state index contributed by atoms with van der Waals surface area (Å²) in [5.41, 5.74) is 4.78. The molecule has 0 spiro atoms. The van der Waals surface area contributed by atoms with Crippen molar-refractivity contribution in [2.45, 2.75) is 5.16 Å². The third kappa shape index (κ3) is 3.09. The smallest absolute Gasteiger partial charge is 0.289 e. The molecule has 7 heteroatoms. The lowest BCUT2D eigenvalue weighted by Crippen LogP contribution is -2.20. The maximum absolute atomic E-state index is 12.1. The molecule has 1 aromatic carbocycles. The van der Waals surface area contributed by atoms with Gasteiger partial charge in [0.1, 0.15) is 5.69 Å². The quantitative estimate of drug-likeness (QED) is 0.454. The molecular formula is C16H15N5OS. The lowest BCUT2D eigenvalue weighted by atomic mass is 10.1. The first-order valence-electron chi connectivity index (χ1n) is 6.93. The highest BCUT2D eigenvalue weighted by Crippen LogP contribution is 2.15. The number of aromatic nitrogens is 3. The van der Waals surface area contributed by atoms with Gasteiger partial charge in [0.15, 0.2) is 5.16 Å². The molecule has 0 bridgehead atoms. The Hall–Kier alpha value is -2.67. The SMILES string of the molecule is CSc1ncc(C(=O)N/N=C/c2ccnc3ccccc23)n1C. The fourth-order valence-corrected chi connectivity index (χ4v) is 2.77. The summed E-state index contributed by atoms with van der Waals surface area (Å²) in [6.45, 7) is 0. The van der Waals surface area contributed by atoms with Crippen LogP contribution >= 0.6 is 11.8 Å². The van der Waals surface area contributed by atoms with E-state index in [2.05, 4.69) is 20.5 Å². The highest BCUT2D eigenvalue weighted by Gasteiger charge is 2.12. The van der Waals surface area contributed by atoms with Gasteiger partial charge in [-0.05, 0) is 18.4 Å². The number of hydrogen-bond acceptors (Lipinski definition) is 5. The molecule has 3 rings (SSSR count). The van der Waals surface area contributed by atoms with E-state index in [1.807, 2.05) is 36.6 Å². The van der Waals surface area contributed by atoms with E-state index in [1.54, 1.807) is 30.2 Å². The molecular weight excluding hydrogens is 310 g/mol. The second kappa shape index (κ2) is 6.62. The van der Waals surface area contributed by atoms with E-state index >= 15 is 0 Å². The minimum Gasteiger partial charge on any atom is -0.318 e. The normalized spacial score (nSPS) is 11.2. The van der Waals surface area contributed by atoms with Crippen molar-refractivity contribution >= 4 is 34.8 Å². The zero-order chi connectivity index (χ0) is 16.2. The van der Waals surface area contributed by atoms with E-state index in [-0.39, 0.29) is 5.91 Å². The molecule has 0 aliphatic rings. The van der Waals surface area contributed by atoms with Crippen LogP contribution in [0.2, 0.25) is 0 Å². The number of para-hydroxylation sites is 1. The molecule has 0 aliphatic carbocycles. The van der Waals surface area contributed by atoms with Crippen LogP contribution < -0.4 is 5.43 Å². The van der Waals surface area contributed by atoms with Crippen LogP contribution in [0, 0.1) is 0 Å². The van der Waals surface area contributed by atoms with E-state index in [0.717, 1.165) is 21.6 Å². The first kappa shape index (κ1) is 15.2. The Morgan fingerprint density at radius 2 is 2.13 bits per heavy atom. The van der Waals surface area contributed by atoms with Gasteiger partial charge in [0.25, 0.3) is 5.91 Å². The number of nitrogens with one attached hydrogen (secondary N) is 1. The van der Waals surface area contributed by atoms with Gasteiger partial charge < -0.3 is 4.57 Å². The number of pyridine rings is 1. The van der Waals surface area contributed by atoms with Gasteiger partial charge in [-0.25, -0.2) is 10.4 Å². The molecule has 0 radical (unpaired) electrons. The van der Waals surface area contributed by atoms with Gasteiger partial charge in [0.2, 0.25) is 0 Å². The summed E-state index contributed by atoms with van der Waals surface area (Å²) in [4.78, 5) is 20.6. The number of thioether (sulfide) groups is 1. The van der Waals surface area contributed by atoms with Gasteiger partial charge in [-0.3, -0.25) is 9.78 Å². The Labute approximate surface area is 137 Å². The highest BCUT2D eigenvalue weighted by atomic mass is 32.2. The van der Waals surface area contributed by atoms with Gasteiger partial charge in [-0.1, -0.05) is 30.0 Å². The molecule has 23 heavy (non-hydrogen) atoms. The number of amides is 1. The van der Waals surface area contributed by atoms with Crippen molar-refractivity contribution in [1.82, 2.24) is 20.0 Å². The standard InChI is InChI=1S/C16H15N5OS/c1-21-14(10-18-16(21)23-2)15(22)20-19-9-11-7-8-17-13-6-4-3-5-12(11)13/h3-10H,1-2H3,(H,20,22)/b19-9+. The molecule has 116 valence electrons.